The Bertz CT molecular complexity index is 128. The van der Waals surface area contributed by atoms with E-state index in [1.807, 2.05) is 0 Å². The Balaban J connectivity index is 2.21. The predicted octanol–water partition coefficient (Wildman–Crippen LogP) is 0.796. The van der Waals surface area contributed by atoms with Gasteiger partial charge in [0.1, 0.15) is 0 Å². The van der Waals surface area contributed by atoms with E-state index < -0.39 is 0 Å². The number of thioether (sulfide) groups is 1. The third-order valence-electron chi connectivity index (χ3n) is 1.22. The van der Waals surface area contributed by atoms with E-state index in [0.717, 1.165) is 23.2 Å². The topological polar surface area (TPSA) is 43.4 Å². The monoisotopic (exact) mass is 146 g/mol. The second kappa shape index (κ2) is 2.68. The molecule has 1 aliphatic rings. The molecule has 0 aliphatic carbocycles. The number of carbonyl (C=O) groups is 1. The summed E-state index contributed by atoms with van der Waals surface area (Å²) in [5.74, 6) is 0. The molecule has 0 bridgehead atoms. The van der Waals surface area contributed by atoms with Crippen LogP contribution in [0.15, 0.2) is 0 Å². The van der Waals surface area contributed by atoms with E-state index in [2.05, 4.69) is 0 Å². The molecule has 52 valence electrons. The maximum atomic E-state index is 10.5. The van der Waals surface area contributed by atoms with Gasteiger partial charge in [-0.1, -0.05) is 11.8 Å². The van der Waals surface area contributed by atoms with E-state index in [1.165, 1.54) is 6.92 Å². The van der Waals surface area contributed by atoms with Crippen molar-refractivity contribution in [2.45, 2.75) is 18.7 Å². The highest BCUT2D eigenvalue weighted by Crippen LogP contribution is 2.26. The summed E-state index contributed by atoms with van der Waals surface area (Å²) >= 11 is 1.12. The highest BCUT2D eigenvalue weighted by molar-refractivity contribution is 8.14. The summed E-state index contributed by atoms with van der Waals surface area (Å²) in [5.41, 5.74) is 0. The fourth-order valence-electron chi connectivity index (χ4n) is 0.649. The Labute approximate surface area is 58.0 Å². The SMILES string of the molecule is CC(=O)SC1CCN1[O-]. The summed E-state index contributed by atoms with van der Waals surface area (Å²) < 4.78 is 0. The standard InChI is InChI=1S/C5H8NO2S/c1-4(7)9-5-2-3-6(5)8/h5H,2-3H2,1H3/q-1. The van der Waals surface area contributed by atoms with Crippen LogP contribution in [0.4, 0.5) is 0 Å². The van der Waals surface area contributed by atoms with Crippen molar-refractivity contribution < 1.29 is 4.79 Å². The average Bonchev–Trinajstić information content (AvgIpc) is 1.79. The van der Waals surface area contributed by atoms with Crippen molar-refractivity contribution in [3.8, 4) is 0 Å². The fraction of sp³-hybridized carbons (Fsp3) is 0.800. The van der Waals surface area contributed by atoms with Gasteiger partial charge in [-0.3, -0.25) is 4.79 Å². The normalized spacial score (nSPS) is 27.6. The average molecular weight is 146 g/mol. The lowest BCUT2D eigenvalue weighted by atomic mass is 10.3. The third-order valence-corrected chi connectivity index (χ3v) is 2.29. The second-order valence-corrected chi connectivity index (χ2v) is 3.35. The van der Waals surface area contributed by atoms with Crippen molar-refractivity contribution in [3.63, 3.8) is 0 Å². The lowest BCUT2D eigenvalue weighted by Crippen LogP contribution is -2.41. The number of hydrogen-bond acceptors (Lipinski definition) is 4. The molecule has 0 aromatic rings. The maximum absolute atomic E-state index is 10.5. The van der Waals surface area contributed by atoms with Crippen molar-refractivity contribution in [1.82, 2.24) is 5.06 Å². The molecule has 1 atom stereocenters. The highest BCUT2D eigenvalue weighted by Gasteiger charge is 2.21. The van der Waals surface area contributed by atoms with Gasteiger partial charge in [-0.2, -0.15) is 0 Å². The van der Waals surface area contributed by atoms with Crippen LogP contribution in [0.25, 0.3) is 0 Å². The molecular formula is C5H8NO2S-. The first-order chi connectivity index (χ1) is 4.20. The molecule has 0 amide bonds. The molecule has 1 heterocycles. The molecule has 1 aliphatic heterocycles. The van der Waals surface area contributed by atoms with E-state index in [9.17, 15) is 10.0 Å². The Morgan fingerprint density at radius 1 is 1.89 bits per heavy atom. The summed E-state index contributed by atoms with van der Waals surface area (Å²) in [7, 11) is 0. The van der Waals surface area contributed by atoms with Crippen molar-refractivity contribution in [3.05, 3.63) is 5.21 Å². The van der Waals surface area contributed by atoms with Crippen LogP contribution in [0.3, 0.4) is 0 Å². The molecule has 0 spiro atoms. The molecule has 9 heavy (non-hydrogen) atoms. The summed E-state index contributed by atoms with van der Waals surface area (Å²) in [5, 5.41) is 11.4. The minimum Gasteiger partial charge on any atom is -0.784 e. The van der Waals surface area contributed by atoms with Gasteiger partial charge in [0.25, 0.3) is 0 Å². The molecule has 3 nitrogen and oxygen atoms in total. The van der Waals surface area contributed by atoms with Gasteiger partial charge < -0.3 is 10.3 Å². The minimum absolute atomic E-state index is 0.0283. The van der Waals surface area contributed by atoms with E-state index in [1.54, 1.807) is 0 Å². The number of hydrogen-bond donors (Lipinski definition) is 0. The van der Waals surface area contributed by atoms with Gasteiger partial charge in [0.15, 0.2) is 5.12 Å². The predicted molar refractivity (Wildman–Crippen MR) is 36.8 cm³/mol. The summed E-state index contributed by atoms with van der Waals surface area (Å²) in [6, 6.07) is 0. The smallest absolute Gasteiger partial charge is 0.187 e. The van der Waals surface area contributed by atoms with Crippen molar-refractivity contribution >= 4 is 16.9 Å². The molecule has 0 radical (unpaired) electrons. The first kappa shape index (κ1) is 7.05. The molecule has 0 saturated carbocycles. The lowest BCUT2D eigenvalue weighted by Gasteiger charge is -2.45. The van der Waals surface area contributed by atoms with Gasteiger partial charge in [-0.15, -0.1) is 0 Å². The Morgan fingerprint density at radius 3 is 2.67 bits per heavy atom. The van der Waals surface area contributed by atoms with Gasteiger partial charge in [0, 0.05) is 6.92 Å². The molecule has 1 rings (SSSR count). The summed E-state index contributed by atoms with van der Waals surface area (Å²) in [4.78, 5) is 10.4. The summed E-state index contributed by atoms with van der Waals surface area (Å²) in [6.07, 6.45) is 0.855. The van der Waals surface area contributed by atoms with Crippen LogP contribution < -0.4 is 0 Å². The number of rotatable bonds is 1. The van der Waals surface area contributed by atoms with E-state index in [4.69, 9.17) is 0 Å². The van der Waals surface area contributed by atoms with Crippen LogP contribution in [0.2, 0.25) is 0 Å². The molecule has 0 aromatic carbocycles. The number of nitrogens with zero attached hydrogens (tertiary/aromatic N) is 1. The Morgan fingerprint density at radius 2 is 2.56 bits per heavy atom. The molecule has 1 unspecified atom stereocenters. The van der Waals surface area contributed by atoms with Crippen LogP contribution in [0.5, 0.6) is 0 Å². The molecule has 1 saturated heterocycles. The lowest BCUT2D eigenvalue weighted by molar-refractivity contribution is -0.109. The van der Waals surface area contributed by atoms with Crippen molar-refractivity contribution in [2.75, 3.05) is 6.54 Å². The van der Waals surface area contributed by atoms with E-state index in [0.29, 0.717) is 6.54 Å². The van der Waals surface area contributed by atoms with E-state index >= 15 is 0 Å². The van der Waals surface area contributed by atoms with Gasteiger partial charge in [0.2, 0.25) is 0 Å². The van der Waals surface area contributed by atoms with Gasteiger partial charge in [0.05, 0.1) is 5.37 Å². The molecule has 0 N–H and O–H groups in total. The minimum atomic E-state index is -0.0810. The first-order valence-corrected chi connectivity index (χ1v) is 3.69. The molecule has 0 aromatic heterocycles. The highest BCUT2D eigenvalue weighted by atomic mass is 32.2. The molecule has 1 fully saturated rings. The quantitative estimate of drug-likeness (QED) is 0.548. The zero-order chi connectivity index (χ0) is 6.85. The Kier molecular flexibility index (Phi) is 2.10. The van der Waals surface area contributed by atoms with Crippen LogP contribution >= 0.6 is 11.8 Å². The van der Waals surface area contributed by atoms with Crippen LogP contribution in [0.1, 0.15) is 13.3 Å². The first-order valence-electron chi connectivity index (χ1n) is 2.81. The molecular weight excluding hydrogens is 138 g/mol. The van der Waals surface area contributed by atoms with Gasteiger partial charge >= 0.3 is 0 Å². The van der Waals surface area contributed by atoms with Gasteiger partial charge in [-0.05, 0) is 13.0 Å². The largest absolute Gasteiger partial charge is 0.784 e. The van der Waals surface area contributed by atoms with Crippen LogP contribution in [0, 0.1) is 5.21 Å². The second-order valence-electron chi connectivity index (χ2n) is 1.99. The van der Waals surface area contributed by atoms with Crippen LogP contribution in [-0.4, -0.2) is 22.1 Å². The Hall–Kier alpha value is -0.0600. The maximum Gasteiger partial charge on any atom is 0.187 e. The van der Waals surface area contributed by atoms with Crippen molar-refractivity contribution in [1.29, 1.82) is 0 Å². The number of hydroxylamine groups is 2. The molecule has 4 heteroatoms. The van der Waals surface area contributed by atoms with Gasteiger partial charge in [-0.25, -0.2) is 0 Å². The zero-order valence-electron chi connectivity index (χ0n) is 5.16. The number of carbonyl (C=O) groups excluding carboxylic acids is 1. The zero-order valence-corrected chi connectivity index (χ0v) is 5.98. The third kappa shape index (κ3) is 1.67. The van der Waals surface area contributed by atoms with E-state index in [-0.39, 0.29) is 10.5 Å². The van der Waals surface area contributed by atoms with Crippen molar-refractivity contribution in [2.24, 2.45) is 0 Å². The van der Waals surface area contributed by atoms with Crippen LogP contribution in [-0.2, 0) is 4.79 Å². The fourth-order valence-corrected chi connectivity index (χ4v) is 1.48. The summed E-state index contributed by atoms with van der Waals surface area (Å²) in [6.45, 7) is 2.07.